The monoisotopic (exact) mass is 435 g/mol. The van der Waals surface area contributed by atoms with E-state index < -0.39 is 22.0 Å². The number of aryl methyl sites for hydroxylation is 1. The minimum Gasteiger partial charge on any atom is -0.289 e. The molecule has 0 saturated heterocycles. The number of hydrazone groups is 1. The molecule has 2 aromatic rings. The van der Waals surface area contributed by atoms with Crippen LogP contribution in [0.5, 0.6) is 0 Å². The number of hydrogen-bond acceptors (Lipinski definition) is 5. The molecule has 1 heterocycles. The average molecular weight is 436 g/mol. The number of halogens is 1. The highest BCUT2D eigenvalue weighted by Crippen LogP contribution is 2.23. The molecule has 1 aliphatic heterocycles. The van der Waals surface area contributed by atoms with Crippen molar-refractivity contribution < 1.29 is 18.4 Å². The molecule has 29 heavy (non-hydrogen) atoms. The number of hydrogen-bond donors (Lipinski definition) is 2. The maximum Gasteiger partial charge on any atom is 0.269 e. The molecule has 7 nitrogen and oxygen atoms in total. The predicted octanol–water partition coefficient (Wildman–Crippen LogP) is 3.23. The minimum atomic E-state index is -3.83. The molecule has 1 aliphatic rings. The second-order valence-corrected chi connectivity index (χ2v) is 9.29. The lowest BCUT2D eigenvalue weighted by molar-refractivity contribution is -0.133. The molecule has 0 aromatic heterocycles. The minimum absolute atomic E-state index is 0.195. The Hall–Kier alpha value is -2.42. The van der Waals surface area contributed by atoms with E-state index in [9.17, 15) is 13.2 Å². The summed E-state index contributed by atoms with van der Waals surface area (Å²) in [6.07, 6.45) is 1.05. The van der Waals surface area contributed by atoms with Crippen LogP contribution in [0, 0.1) is 0 Å². The summed E-state index contributed by atoms with van der Waals surface area (Å²) in [5.41, 5.74) is 5.03. The molecule has 3 rings (SSSR count). The van der Waals surface area contributed by atoms with Gasteiger partial charge in [0.25, 0.3) is 15.9 Å². The molecular formula is C20H22ClN3O4S. The molecule has 1 amide bonds. The van der Waals surface area contributed by atoms with E-state index in [0.29, 0.717) is 17.2 Å². The van der Waals surface area contributed by atoms with Gasteiger partial charge in [-0.05, 0) is 55.0 Å². The topological polar surface area (TPSA) is 99.1 Å². The Morgan fingerprint density at radius 1 is 1.17 bits per heavy atom. The van der Waals surface area contributed by atoms with E-state index in [-0.39, 0.29) is 18.6 Å². The zero-order chi connectivity index (χ0) is 21.0. The summed E-state index contributed by atoms with van der Waals surface area (Å²) in [7, 11) is -3.83. The van der Waals surface area contributed by atoms with Crippen molar-refractivity contribution in [3.63, 3.8) is 0 Å². The van der Waals surface area contributed by atoms with Crippen LogP contribution in [0.25, 0.3) is 11.1 Å². The number of carbonyl (C=O) groups is 1. The molecule has 0 spiro atoms. The standard InChI is InChI=1S/C20H22ClN3O4S/c1-14-2-11-19(20(25)23-26)24(22-14)29(27,28)13-12-15-3-5-16(6-4-15)17-7-9-18(21)10-8-17/h3-10,19,26H,2,11-13H2,1H3,(H,23,25)/t19-/m1/s1. The Morgan fingerprint density at radius 2 is 1.76 bits per heavy atom. The molecule has 0 radical (unpaired) electrons. The van der Waals surface area contributed by atoms with Crippen LogP contribution in [0.4, 0.5) is 0 Å². The van der Waals surface area contributed by atoms with Crippen molar-refractivity contribution in [2.75, 3.05) is 5.75 Å². The number of benzene rings is 2. The summed E-state index contributed by atoms with van der Waals surface area (Å²) < 4.78 is 26.4. The zero-order valence-electron chi connectivity index (χ0n) is 15.9. The van der Waals surface area contributed by atoms with Crippen LogP contribution in [-0.4, -0.2) is 41.5 Å². The summed E-state index contributed by atoms with van der Waals surface area (Å²) in [5, 5.41) is 13.6. The van der Waals surface area contributed by atoms with Gasteiger partial charge in [0.1, 0.15) is 6.04 Å². The third-order valence-corrected chi connectivity index (χ3v) is 6.67. The fourth-order valence-electron chi connectivity index (χ4n) is 3.15. The lowest BCUT2D eigenvalue weighted by Crippen LogP contribution is -2.49. The fourth-order valence-corrected chi connectivity index (χ4v) is 4.81. The van der Waals surface area contributed by atoms with Crippen molar-refractivity contribution in [1.29, 1.82) is 0 Å². The van der Waals surface area contributed by atoms with Gasteiger partial charge in [0.2, 0.25) is 0 Å². The van der Waals surface area contributed by atoms with Crippen LogP contribution < -0.4 is 5.48 Å². The van der Waals surface area contributed by atoms with E-state index in [4.69, 9.17) is 16.8 Å². The Kier molecular flexibility index (Phi) is 6.56. The zero-order valence-corrected chi connectivity index (χ0v) is 17.4. The Morgan fingerprint density at radius 3 is 2.34 bits per heavy atom. The van der Waals surface area contributed by atoms with Crippen molar-refractivity contribution in [3.8, 4) is 11.1 Å². The van der Waals surface area contributed by atoms with Gasteiger partial charge >= 0.3 is 0 Å². The van der Waals surface area contributed by atoms with E-state index in [1.54, 1.807) is 6.92 Å². The normalized spacial score (nSPS) is 17.0. The first kappa shape index (κ1) is 21.3. The highest BCUT2D eigenvalue weighted by Gasteiger charge is 2.36. The molecule has 0 unspecified atom stereocenters. The molecule has 0 fully saturated rings. The van der Waals surface area contributed by atoms with Crippen molar-refractivity contribution in [2.45, 2.75) is 32.2 Å². The van der Waals surface area contributed by atoms with Gasteiger partial charge in [0.15, 0.2) is 0 Å². The first-order chi connectivity index (χ1) is 13.8. The Bertz CT molecular complexity index is 1010. The number of hydroxylamine groups is 1. The summed E-state index contributed by atoms with van der Waals surface area (Å²) in [5.74, 6) is -0.976. The quantitative estimate of drug-likeness (QED) is 0.537. The van der Waals surface area contributed by atoms with Gasteiger partial charge in [0, 0.05) is 10.7 Å². The number of amides is 1. The predicted molar refractivity (Wildman–Crippen MR) is 112 cm³/mol. The van der Waals surface area contributed by atoms with Crippen molar-refractivity contribution in [1.82, 2.24) is 9.89 Å². The first-order valence-electron chi connectivity index (χ1n) is 9.15. The molecule has 0 aliphatic carbocycles. The summed E-state index contributed by atoms with van der Waals surface area (Å²) >= 11 is 5.91. The van der Waals surface area contributed by atoms with Crippen LogP contribution in [0.2, 0.25) is 5.02 Å². The van der Waals surface area contributed by atoms with Gasteiger partial charge in [-0.1, -0.05) is 48.0 Å². The SMILES string of the molecule is CC1=NN(S(=O)(=O)CCc2ccc(-c3ccc(Cl)cc3)cc2)[C@@H](C(=O)NO)CC1. The molecule has 0 saturated carbocycles. The van der Waals surface area contributed by atoms with Gasteiger partial charge in [-0.3, -0.25) is 10.0 Å². The van der Waals surface area contributed by atoms with Gasteiger partial charge in [-0.2, -0.15) is 9.52 Å². The van der Waals surface area contributed by atoms with E-state index in [0.717, 1.165) is 21.1 Å². The van der Waals surface area contributed by atoms with Gasteiger partial charge in [-0.25, -0.2) is 13.9 Å². The molecule has 2 N–H and O–H groups in total. The molecule has 2 aromatic carbocycles. The summed E-state index contributed by atoms with van der Waals surface area (Å²) in [4.78, 5) is 11.9. The Labute approximate surface area is 175 Å². The number of sulfonamides is 1. The molecule has 9 heteroatoms. The van der Waals surface area contributed by atoms with Crippen LogP contribution in [-0.2, 0) is 21.2 Å². The van der Waals surface area contributed by atoms with E-state index in [1.807, 2.05) is 48.5 Å². The highest BCUT2D eigenvalue weighted by molar-refractivity contribution is 7.89. The fraction of sp³-hybridized carbons (Fsp3) is 0.300. The van der Waals surface area contributed by atoms with Gasteiger partial charge in [-0.15, -0.1) is 0 Å². The second kappa shape index (κ2) is 8.94. The highest BCUT2D eigenvalue weighted by atomic mass is 35.5. The third-order valence-electron chi connectivity index (χ3n) is 4.79. The van der Waals surface area contributed by atoms with Crippen molar-refractivity contribution >= 4 is 33.2 Å². The first-order valence-corrected chi connectivity index (χ1v) is 11.1. The van der Waals surface area contributed by atoms with E-state index in [2.05, 4.69) is 5.10 Å². The second-order valence-electron chi connectivity index (χ2n) is 6.91. The Balaban J connectivity index is 1.71. The third kappa shape index (κ3) is 5.14. The smallest absolute Gasteiger partial charge is 0.269 e. The van der Waals surface area contributed by atoms with Crippen LogP contribution in [0.3, 0.4) is 0 Å². The number of carbonyl (C=O) groups excluding carboxylic acids is 1. The van der Waals surface area contributed by atoms with E-state index >= 15 is 0 Å². The number of rotatable bonds is 6. The average Bonchev–Trinajstić information content (AvgIpc) is 2.73. The van der Waals surface area contributed by atoms with E-state index in [1.165, 1.54) is 5.48 Å². The van der Waals surface area contributed by atoms with Crippen LogP contribution in [0.15, 0.2) is 53.6 Å². The van der Waals surface area contributed by atoms with Crippen LogP contribution in [0.1, 0.15) is 25.3 Å². The lowest BCUT2D eigenvalue weighted by atomic mass is 10.0. The largest absolute Gasteiger partial charge is 0.289 e. The number of nitrogens with one attached hydrogen (secondary N) is 1. The van der Waals surface area contributed by atoms with Crippen molar-refractivity contribution in [3.05, 3.63) is 59.1 Å². The maximum absolute atomic E-state index is 12.8. The molecule has 1 atom stereocenters. The lowest BCUT2D eigenvalue weighted by Gasteiger charge is -2.30. The number of nitrogens with zero attached hydrogens (tertiary/aromatic N) is 2. The van der Waals surface area contributed by atoms with Gasteiger partial charge < -0.3 is 0 Å². The van der Waals surface area contributed by atoms with Gasteiger partial charge in [0.05, 0.1) is 5.75 Å². The summed E-state index contributed by atoms with van der Waals surface area (Å²) in [6.45, 7) is 1.71. The van der Waals surface area contributed by atoms with Crippen LogP contribution >= 0.6 is 11.6 Å². The molecule has 154 valence electrons. The van der Waals surface area contributed by atoms with Crippen molar-refractivity contribution in [2.24, 2.45) is 5.10 Å². The maximum atomic E-state index is 12.8. The molecule has 0 bridgehead atoms. The molecular weight excluding hydrogens is 414 g/mol. The summed E-state index contributed by atoms with van der Waals surface area (Å²) in [6, 6.07) is 14.0.